The van der Waals surface area contributed by atoms with Crippen molar-refractivity contribution in [1.82, 2.24) is 5.48 Å². The lowest BCUT2D eigenvalue weighted by Crippen LogP contribution is -2.31. The molecule has 0 aliphatic carbocycles. The van der Waals surface area contributed by atoms with Gasteiger partial charge in [0.05, 0.1) is 16.3 Å². The van der Waals surface area contributed by atoms with Gasteiger partial charge in [-0.05, 0) is 42.5 Å². The lowest BCUT2D eigenvalue weighted by molar-refractivity contribution is -0.384. The monoisotopic (exact) mass is 467 g/mol. The maximum absolute atomic E-state index is 14.5. The molecule has 0 bridgehead atoms. The second-order valence-electron chi connectivity index (χ2n) is 6.79. The van der Waals surface area contributed by atoms with Gasteiger partial charge in [-0.2, -0.15) is 0 Å². The maximum atomic E-state index is 14.5. The molecule has 0 radical (unpaired) electrons. The quantitative estimate of drug-likeness (QED) is 0.414. The van der Waals surface area contributed by atoms with Crippen molar-refractivity contribution < 1.29 is 18.9 Å². The van der Waals surface area contributed by atoms with Crippen LogP contribution in [0.5, 0.6) is 0 Å². The number of hydroxylamine groups is 1. The number of carbonyl (C=O) groups excluding carboxylic acids is 1. The van der Waals surface area contributed by atoms with Gasteiger partial charge in [-0.1, -0.05) is 23.7 Å². The maximum Gasteiger partial charge on any atom is 0.435 e. The second-order valence-corrected chi connectivity index (χ2v) is 7.22. The van der Waals surface area contributed by atoms with E-state index >= 15 is 0 Å². The molecule has 0 spiro atoms. The number of benzene rings is 3. The van der Waals surface area contributed by atoms with Crippen LogP contribution < -0.4 is 10.8 Å². The third-order valence-corrected chi connectivity index (χ3v) is 4.82. The summed E-state index contributed by atoms with van der Waals surface area (Å²) >= 11 is 5.82. The Morgan fingerprint density at radius 2 is 1.85 bits per heavy atom. The van der Waals surface area contributed by atoms with Crippen LogP contribution in [-0.2, 0) is 4.84 Å². The molecule has 3 aromatic rings. The average Bonchev–Trinajstić information content (AvgIpc) is 2.98. The van der Waals surface area contributed by atoms with Crippen molar-refractivity contribution in [3.05, 3.63) is 98.8 Å². The smallest absolute Gasteiger partial charge is 0.323 e. The number of non-ortho nitro benzene ring substituents is 1. The van der Waals surface area contributed by atoms with Crippen LogP contribution in [0.4, 0.5) is 26.2 Å². The van der Waals surface area contributed by atoms with Crippen molar-refractivity contribution >= 4 is 46.3 Å². The average molecular weight is 468 g/mol. The summed E-state index contributed by atoms with van der Waals surface area (Å²) in [7, 11) is 0. The molecule has 33 heavy (non-hydrogen) atoms. The van der Waals surface area contributed by atoms with Crippen LogP contribution in [0.25, 0.3) is 0 Å². The zero-order chi connectivity index (χ0) is 23.4. The molecule has 9 nitrogen and oxygen atoms in total. The summed E-state index contributed by atoms with van der Waals surface area (Å²) in [5.41, 5.74) is 3.63. The molecule has 4 rings (SSSR count). The first kappa shape index (κ1) is 21.9. The van der Waals surface area contributed by atoms with Crippen LogP contribution in [0.2, 0.25) is 5.02 Å². The van der Waals surface area contributed by atoms with Crippen LogP contribution in [0.3, 0.4) is 0 Å². The van der Waals surface area contributed by atoms with Gasteiger partial charge in [0.1, 0.15) is 12.4 Å². The molecule has 0 saturated carbocycles. The summed E-state index contributed by atoms with van der Waals surface area (Å²) in [6.07, 6.45) is -0.813. The van der Waals surface area contributed by atoms with Crippen LogP contribution >= 0.6 is 11.6 Å². The number of amides is 1. The van der Waals surface area contributed by atoms with Crippen LogP contribution in [0.1, 0.15) is 11.1 Å². The molecule has 1 heterocycles. The molecule has 0 saturated heterocycles. The molecule has 1 aliphatic rings. The van der Waals surface area contributed by atoms with E-state index < -0.39 is 16.8 Å². The standard InChI is InChI=1S/C22H15ClFN5O4/c23-13-5-7-14(8-6-13)26-22(30)33-28-20-12-25-21(16-3-1-2-4-18(16)24)17-11-15(29(31)32)9-10-19(17)27-20/h1-11H,12H2,(H,26,30)(H,27,28). The summed E-state index contributed by atoms with van der Waals surface area (Å²) in [6.45, 7) is -0.0969. The molecule has 0 atom stereocenters. The molecule has 166 valence electrons. The zero-order valence-corrected chi connectivity index (χ0v) is 17.5. The van der Waals surface area contributed by atoms with Gasteiger partial charge in [0, 0.05) is 34.0 Å². The number of hydrogen-bond donors (Lipinski definition) is 2. The number of nitrogens with one attached hydrogen (secondary N) is 2. The molecule has 3 aromatic carbocycles. The Labute approximate surface area is 191 Å². The summed E-state index contributed by atoms with van der Waals surface area (Å²) < 4.78 is 14.5. The van der Waals surface area contributed by atoms with Gasteiger partial charge in [0.15, 0.2) is 5.84 Å². The Kier molecular flexibility index (Phi) is 6.27. The topological polar surface area (TPSA) is 118 Å². The number of hydrogen-bond acceptors (Lipinski definition) is 7. The van der Waals surface area contributed by atoms with Crippen LogP contribution in [0.15, 0.2) is 76.7 Å². The molecule has 1 aliphatic heterocycles. The summed E-state index contributed by atoms with van der Waals surface area (Å²) in [5.74, 6) is -0.397. The Bertz CT molecular complexity index is 1290. The highest BCUT2D eigenvalue weighted by Gasteiger charge is 2.22. The number of nitro groups is 1. The molecular weight excluding hydrogens is 453 g/mol. The van der Waals surface area contributed by atoms with Gasteiger partial charge in [-0.3, -0.25) is 20.4 Å². The predicted molar refractivity (Wildman–Crippen MR) is 122 cm³/mol. The van der Waals surface area contributed by atoms with Gasteiger partial charge in [-0.15, -0.1) is 0 Å². The Morgan fingerprint density at radius 1 is 1.09 bits per heavy atom. The Balaban J connectivity index is 1.59. The first-order valence-electron chi connectivity index (χ1n) is 9.56. The largest absolute Gasteiger partial charge is 0.435 e. The number of nitro benzene ring substituents is 1. The zero-order valence-electron chi connectivity index (χ0n) is 16.8. The third kappa shape index (κ3) is 5.13. The number of fused-ring (bicyclic) bond motifs is 1. The number of rotatable bonds is 3. The van der Waals surface area contributed by atoms with E-state index in [0.717, 1.165) is 0 Å². The van der Waals surface area contributed by atoms with E-state index in [1.165, 1.54) is 36.4 Å². The van der Waals surface area contributed by atoms with Crippen molar-refractivity contribution in [2.24, 2.45) is 9.98 Å². The highest BCUT2D eigenvalue weighted by Crippen LogP contribution is 2.30. The first-order valence-corrected chi connectivity index (χ1v) is 9.93. The number of carbonyl (C=O) groups is 1. The van der Waals surface area contributed by atoms with Gasteiger partial charge >= 0.3 is 6.09 Å². The molecule has 2 N–H and O–H groups in total. The Hall–Kier alpha value is -4.31. The second kappa shape index (κ2) is 9.45. The van der Waals surface area contributed by atoms with Gasteiger partial charge in [-0.25, -0.2) is 19.7 Å². The minimum absolute atomic E-state index is 0.0969. The number of amidine groups is 1. The van der Waals surface area contributed by atoms with Crippen molar-refractivity contribution in [1.29, 1.82) is 0 Å². The van der Waals surface area contributed by atoms with E-state index in [-0.39, 0.29) is 34.9 Å². The minimum Gasteiger partial charge on any atom is -0.323 e. The van der Waals surface area contributed by atoms with Crippen LogP contribution in [0, 0.1) is 15.9 Å². The SMILES string of the molecule is O=C(Nc1ccc(Cl)cc1)ONC1=Nc2ccc([N+](=O)[O-])cc2C(c2ccccc2F)=NC1. The van der Waals surface area contributed by atoms with Crippen LogP contribution in [-0.4, -0.2) is 29.1 Å². The molecule has 0 unspecified atom stereocenters. The lowest BCUT2D eigenvalue weighted by Gasteiger charge is -2.09. The van der Waals surface area contributed by atoms with E-state index in [1.807, 2.05) is 0 Å². The molecule has 0 fully saturated rings. The third-order valence-electron chi connectivity index (χ3n) is 4.57. The van der Waals surface area contributed by atoms with E-state index in [1.54, 1.807) is 30.3 Å². The fourth-order valence-corrected chi connectivity index (χ4v) is 3.19. The van der Waals surface area contributed by atoms with E-state index in [4.69, 9.17) is 16.4 Å². The van der Waals surface area contributed by atoms with Crippen molar-refractivity contribution in [3.63, 3.8) is 0 Å². The fraction of sp³-hybridized carbons (Fsp3) is 0.0455. The number of halogens is 2. The summed E-state index contributed by atoms with van der Waals surface area (Å²) in [5, 5.41) is 14.3. The van der Waals surface area contributed by atoms with Crippen molar-refractivity contribution in [2.45, 2.75) is 0 Å². The predicted octanol–water partition coefficient (Wildman–Crippen LogP) is 5.02. The molecular formula is C22H15ClFN5O4. The van der Waals surface area contributed by atoms with Crippen molar-refractivity contribution in [2.75, 3.05) is 11.9 Å². The van der Waals surface area contributed by atoms with E-state index in [0.29, 0.717) is 16.4 Å². The number of aliphatic imine (C=N–C) groups is 2. The summed E-state index contributed by atoms with van der Waals surface area (Å²) in [4.78, 5) is 36.5. The first-order chi connectivity index (χ1) is 15.9. The van der Waals surface area contributed by atoms with E-state index in [2.05, 4.69) is 20.8 Å². The minimum atomic E-state index is -0.813. The van der Waals surface area contributed by atoms with Gasteiger partial charge < -0.3 is 4.84 Å². The molecule has 11 heteroatoms. The highest BCUT2D eigenvalue weighted by molar-refractivity contribution is 6.30. The van der Waals surface area contributed by atoms with Gasteiger partial charge in [0.25, 0.3) is 5.69 Å². The molecule has 1 amide bonds. The van der Waals surface area contributed by atoms with Crippen molar-refractivity contribution in [3.8, 4) is 0 Å². The molecule has 0 aromatic heterocycles. The normalized spacial score (nSPS) is 12.5. The highest BCUT2D eigenvalue weighted by atomic mass is 35.5. The summed E-state index contributed by atoms with van der Waals surface area (Å²) in [6, 6.07) is 16.3. The van der Waals surface area contributed by atoms with Gasteiger partial charge in [0.2, 0.25) is 0 Å². The Morgan fingerprint density at radius 3 is 2.58 bits per heavy atom. The number of nitrogens with zero attached hydrogens (tertiary/aromatic N) is 3. The van der Waals surface area contributed by atoms with E-state index in [9.17, 15) is 19.3 Å². The lowest BCUT2D eigenvalue weighted by atomic mass is 9.99. The number of anilines is 1. The fourth-order valence-electron chi connectivity index (χ4n) is 3.07.